The smallest absolute Gasteiger partial charge is 0.253 e. The van der Waals surface area contributed by atoms with E-state index in [1.54, 1.807) is 0 Å². The molecule has 0 saturated heterocycles. The molecule has 1 aliphatic carbocycles. The molecule has 1 aromatic rings. The Bertz CT molecular complexity index is 374. The topological polar surface area (TPSA) is 47.8 Å². The third kappa shape index (κ3) is 1.51. The number of carbonyl (C=O) groups is 1. The van der Waals surface area contributed by atoms with Gasteiger partial charge in [-0.2, -0.15) is 0 Å². The van der Waals surface area contributed by atoms with Crippen LogP contribution >= 0.6 is 0 Å². The summed E-state index contributed by atoms with van der Waals surface area (Å²) in [4.78, 5) is 11.0. The van der Waals surface area contributed by atoms with Gasteiger partial charge in [0.1, 0.15) is 5.69 Å². The second-order valence-corrected chi connectivity index (χ2v) is 3.52. The van der Waals surface area contributed by atoms with E-state index in [2.05, 4.69) is 10.3 Å². The van der Waals surface area contributed by atoms with Crippen molar-refractivity contribution in [2.45, 2.75) is 25.8 Å². The highest BCUT2D eigenvalue weighted by atomic mass is 19.3. The highest BCUT2D eigenvalue weighted by molar-refractivity contribution is 5.91. The normalized spacial score (nSPS) is 23.5. The zero-order valence-electron chi connectivity index (χ0n) is 7.57. The van der Waals surface area contributed by atoms with Gasteiger partial charge in [-0.3, -0.25) is 4.79 Å². The third-order valence-electron chi connectivity index (χ3n) is 2.33. The predicted octanol–water partition coefficient (Wildman–Crippen LogP) is 1.14. The molecule has 1 aliphatic rings. The monoisotopic (exact) mass is 201 g/mol. The van der Waals surface area contributed by atoms with Gasteiger partial charge in [0, 0.05) is 19.3 Å². The van der Waals surface area contributed by atoms with Crippen LogP contribution in [0.4, 0.5) is 8.78 Å². The van der Waals surface area contributed by atoms with E-state index in [1.807, 2.05) is 0 Å². The lowest BCUT2D eigenvalue weighted by Gasteiger charge is -2.01. The van der Waals surface area contributed by atoms with Crippen molar-refractivity contribution in [3.05, 3.63) is 11.9 Å². The Morgan fingerprint density at radius 3 is 2.93 bits per heavy atom. The van der Waals surface area contributed by atoms with Crippen molar-refractivity contribution in [3.63, 3.8) is 0 Å². The lowest BCUT2D eigenvalue weighted by Crippen LogP contribution is -2.12. The first-order valence-electron chi connectivity index (χ1n) is 4.28. The molecule has 6 heteroatoms. The first-order chi connectivity index (χ1) is 6.50. The number of hydrogen-bond donors (Lipinski definition) is 0. The number of Topliss-reactive ketones (excluding diaryl/α,β-unsaturated/α-hetero) is 1. The van der Waals surface area contributed by atoms with E-state index in [0.29, 0.717) is 0 Å². The average Bonchev–Trinajstić information content (AvgIpc) is 2.52. The lowest BCUT2D eigenvalue weighted by molar-refractivity contribution is 0.0918. The molecule has 0 aliphatic heterocycles. The number of alkyl halides is 2. The van der Waals surface area contributed by atoms with Crippen molar-refractivity contribution in [2.75, 3.05) is 0 Å². The number of ketones is 1. The van der Waals surface area contributed by atoms with E-state index in [1.165, 1.54) is 17.8 Å². The maximum absolute atomic E-state index is 12.6. The van der Waals surface area contributed by atoms with Crippen LogP contribution in [0.1, 0.15) is 23.8 Å². The van der Waals surface area contributed by atoms with Crippen LogP contribution in [-0.2, 0) is 6.54 Å². The molecule has 0 spiro atoms. The summed E-state index contributed by atoms with van der Waals surface area (Å²) in [6.45, 7) is 1.43. The largest absolute Gasteiger partial charge is 0.293 e. The maximum atomic E-state index is 12.6. The Kier molecular flexibility index (Phi) is 1.87. The predicted molar refractivity (Wildman–Crippen MR) is 43.1 cm³/mol. The third-order valence-corrected chi connectivity index (χ3v) is 2.33. The minimum absolute atomic E-state index is 0.0713. The maximum Gasteiger partial charge on any atom is 0.253 e. The Labute approximate surface area is 78.9 Å². The molecule has 0 aromatic carbocycles. The first kappa shape index (κ1) is 9.23. The fourth-order valence-electron chi connectivity index (χ4n) is 1.34. The van der Waals surface area contributed by atoms with E-state index >= 15 is 0 Å². The Hall–Kier alpha value is -1.33. The van der Waals surface area contributed by atoms with Crippen LogP contribution in [0.15, 0.2) is 6.20 Å². The van der Waals surface area contributed by atoms with E-state index < -0.39 is 11.8 Å². The molecular formula is C8H9F2N3O. The molecule has 4 nitrogen and oxygen atoms in total. The van der Waals surface area contributed by atoms with Crippen molar-refractivity contribution < 1.29 is 13.6 Å². The van der Waals surface area contributed by atoms with Gasteiger partial charge < -0.3 is 0 Å². The van der Waals surface area contributed by atoms with Crippen molar-refractivity contribution in [3.8, 4) is 0 Å². The second kappa shape index (κ2) is 2.83. The number of halogens is 2. The minimum atomic E-state index is -2.58. The molecule has 0 radical (unpaired) electrons. The Morgan fingerprint density at radius 1 is 1.79 bits per heavy atom. The number of hydrogen-bond acceptors (Lipinski definition) is 3. The van der Waals surface area contributed by atoms with Gasteiger partial charge in [-0.15, -0.1) is 5.10 Å². The molecule has 1 unspecified atom stereocenters. The summed E-state index contributed by atoms with van der Waals surface area (Å²) >= 11 is 0. The molecular weight excluding hydrogens is 192 g/mol. The van der Waals surface area contributed by atoms with E-state index in [4.69, 9.17) is 0 Å². The van der Waals surface area contributed by atoms with Crippen LogP contribution in [-0.4, -0.2) is 26.7 Å². The van der Waals surface area contributed by atoms with Gasteiger partial charge in [0.05, 0.1) is 12.7 Å². The van der Waals surface area contributed by atoms with Gasteiger partial charge >= 0.3 is 0 Å². The van der Waals surface area contributed by atoms with E-state index in [9.17, 15) is 13.6 Å². The number of carbonyl (C=O) groups excluding carboxylic acids is 1. The van der Waals surface area contributed by atoms with Gasteiger partial charge in [-0.1, -0.05) is 5.21 Å². The first-order valence-corrected chi connectivity index (χ1v) is 4.28. The van der Waals surface area contributed by atoms with Crippen molar-refractivity contribution in [1.82, 2.24) is 15.0 Å². The van der Waals surface area contributed by atoms with Gasteiger partial charge in [0.15, 0.2) is 5.78 Å². The summed E-state index contributed by atoms with van der Waals surface area (Å²) in [6, 6.07) is 0. The van der Waals surface area contributed by atoms with Gasteiger partial charge in [-0.25, -0.2) is 13.5 Å². The van der Waals surface area contributed by atoms with Crippen molar-refractivity contribution in [2.24, 2.45) is 5.92 Å². The van der Waals surface area contributed by atoms with Crippen LogP contribution in [0.25, 0.3) is 0 Å². The molecule has 1 aromatic heterocycles. The highest BCUT2D eigenvalue weighted by Crippen LogP contribution is 2.49. The molecule has 2 rings (SSSR count). The molecule has 0 amide bonds. The van der Waals surface area contributed by atoms with Crippen LogP contribution < -0.4 is 0 Å². The Balaban J connectivity index is 2.10. The molecule has 14 heavy (non-hydrogen) atoms. The average molecular weight is 201 g/mol. The minimum Gasteiger partial charge on any atom is -0.293 e. The molecule has 0 N–H and O–H groups in total. The van der Waals surface area contributed by atoms with Crippen LogP contribution in [0, 0.1) is 5.92 Å². The summed E-state index contributed by atoms with van der Waals surface area (Å²) in [7, 11) is 0. The molecule has 0 bridgehead atoms. The van der Waals surface area contributed by atoms with Crippen LogP contribution in [0.3, 0.4) is 0 Å². The van der Waals surface area contributed by atoms with E-state index in [-0.39, 0.29) is 24.4 Å². The van der Waals surface area contributed by atoms with Crippen molar-refractivity contribution >= 4 is 5.78 Å². The fraction of sp³-hybridized carbons (Fsp3) is 0.625. The van der Waals surface area contributed by atoms with E-state index in [0.717, 1.165) is 0 Å². The zero-order valence-corrected chi connectivity index (χ0v) is 7.57. The van der Waals surface area contributed by atoms with Crippen LogP contribution in [0.5, 0.6) is 0 Å². The van der Waals surface area contributed by atoms with Gasteiger partial charge in [0.25, 0.3) is 5.92 Å². The zero-order chi connectivity index (χ0) is 10.3. The summed E-state index contributed by atoms with van der Waals surface area (Å²) in [5, 5.41) is 7.11. The number of aromatic nitrogens is 3. The summed E-state index contributed by atoms with van der Waals surface area (Å²) in [5.41, 5.74) is 0.285. The SMILES string of the molecule is CC(=O)c1cnnn1CC1CC1(F)F. The highest BCUT2D eigenvalue weighted by Gasteiger charge is 2.57. The number of rotatable bonds is 3. The molecule has 1 saturated carbocycles. The molecule has 1 heterocycles. The van der Waals surface area contributed by atoms with Gasteiger partial charge in [-0.05, 0) is 0 Å². The lowest BCUT2D eigenvalue weighted by atomic mass is 10.3. The summed E-state index contributed by atoms with van der Waals surface area (Å²) < 4.78 is 26.4. The van der Waals surface area contributed by atoms with Gasteiger partial charge in [0.2, 0.25) is 0 Å². The quantitative estimate of drug-likeness (QED) is 0.689. The summed E-state index contributed by atoms with van der Waals surface area (Å²) in [5.74, 6) is -3.48. The summed E-state index contributed by atoms with van der Waals surface area (Å²) in [6.07, 6.45) is 1.17. The molecule has 76 valence electrons. The standard InChI is InChI=1S/C8H9F2N3O/c1-5(14)7-3-11-12-13(7)4-6-2-8(6,9)10/h3,6H,2,4H2,1H3. The Morgan fingerprint density at radius 2 is 2.43 bits per heavy atom. The van der Waals surface area contributed by atoms with Crippen molar-refractivity contribution in [1.29, 1.82) is 0 Å². The fourth-order valence-corrected chi connectivity index (χ4v) is 1.34. The number of nitrogens with zero attached hydrogens (tertiary/aromatic N) is 3. The molecule has 1 atom stereocenters. The van der Waals surface area contributed by atoms with Crippen LogP contribution in [0.2, 0.25) is 0 Å². The molecule has 1 fully saturated rings. The second-order valence-electron chi connectivity index (χ2n) is 3.52.